The van der Waals surface area contributed by atoms with Gasteiger partial charge in [-0.1, -0.05) is 12.1 Å². The quantitative estimate of drug-likeness (QED) is 0.586. The number of nitrogens with zero attached hydrogens (tertiary/aromatic N) is 3. The number of hydrogen-bond acceptors (Lipinski definition) is 7. The number of hydrogen-bond donors (Lipinski definition) is 2. The van der Waals surface area contributed by atoms with Crippen molar-refractivity contribution in [2.24, 2.45) is 11.8 Å². The minimum absolute atomic E-state index is 0.159. The first-order valence-corrected chi connectivity index (χ1v) is 9.35. The van der Waals surface area contributed by atoms with Crippen LogP contribution in [0.5, 0.6) is 0 Å². The fourth-order valence-electron chi connectivity index (χ4n) is 4.26. The normalized spacial score (nSPS) is 27.2. The molecule has 2 bridgehead atoms. The number of esters is 1. The molecule has 3 saturated heterocycles. The van der Waals surface area contributed by atoms with E-state index >= 15 is 0 Å². The number of nitriles is 2. The molecule has 3 aliphatic heterocycles. The molecule has 1 aromatic rings. The van der Waals surface area contributed by atoms with Gasteiger partial charge in [-0.15, -0.1) is 0 Å². The Kier molecular flexibility index (Phi) is 5.21. The molecule has 8 nitrogen and oxygen atoms in total. The Bertz CT molecular complexity index is 938. The van der Waals surface area contributed by atoms with Crippen LogP contribution < -0.4 is 15.5 Å². The summed E-state index contributed by atoms with van der Waals surface area (Å²) < 4.78 is 5.31. The molecule has 150 valence electrons. The van der Waals surface area contributed by atoms with E-state index in [0.29, 0.717) is 0 Å². The number of nitrogens with one attached hydrogen (secondary N) is 2. The van der Waals surface area contributed by atoms with Gasteiger partial charge < -0.3 is 20.3 Å². The molecule has 4 atom stereocenters. The van der Waals surface area contributed by atoms with Crippen LogP contribution in [0, 0.1) is 34.5 Å². The van der Waals surface area contributed by atoms with E-state index in [1.165, 1.54) is 0 Å². The summed E-state index contributed by atoms with van der Waals surface area (Å²) in [4.78, 5) is 27.8. The van der Waals surface area contributed by atoms with E-state index in [-0.39, 0.29) is 23.8 Å². The van der Waals surface area contributed by atoms with Crippen molar-refractivity contribution in [3.63, 3.8) is 0 Å². The number of fused-ring (bicyclic) bond motifs is 3. The molecule has 3 aliphatic rings. The number of allylic oxidation sites excluding steroid dienone is 1. The van der Waals surface area contributed by atoms with Gasteiger partial charge in [0, 0.05) is 25.7 Å². The molecule has 0 saturated carbocycles. The van der Waals surface area contributed by atoms with E-state index in [2.05, 4.69) is 10.6 Å². The summed E-state index contributed by atoms with van der Waals surface area (Å²) in [6.45, 7) is 3.61. The molecule has 3 heterocycles. The van der Waals surface area contributed by atoms with Gasteiger partial charge in [-0.3, -0.25) is 9.59 Å². The summed E-state index contributed by atoms with van der Waals surface area (Å²) in [5.41, 5.74) is 0.657. The average Bonchev–Trinajstić information content (AvgIpc) is 2.67. The number of benzene rings is 1. The van der Waals surface area contributed by atoms with E-state index in [1.807, 2.05) is 55.4 Å². The predicted molar refractivity (Wildman–Crippen MR) is 105 cm³/mol. The molecular weight excluding hydrogens is 370 g/mol. The van der Waals surface area contributed by atoms with Gasteiger partial charge in [0.25, 0.3) is 0 Å². The molecule has 0 spiro atoms. The van der Waals surface area contributed by atoms with Crippen LogP contribution in [0.15, 0.2) is 35.5 Å². The summed E-state index contributed by atoms with van der Waals surface area (Å²) in [5, 5.41) is 24.7. The van der Waals surface area contributed by atoms with Crippen molar-refractivity contribution < 1.29 is 14.3 Å². The van der Waals surface area contributed by atoms with Crippen molar-refractivity contribution >= 4 is 17.6 Å². The lowest BCUT2D eigenvalue weighted by Gasteiger charge is -2.55. The average molecular weight is 393 g/mol. The third-order valence-electron chi connectivity index (χ3n) is 5.54. The summed E-state index contributed by atoms with van der Waals surface area (Å²) in [6, 6.07) is 11.3. The van der Waals surface area contributed by atoms with Crippen LogP contribution in [-0.4, -0.2) is 38.2 Å². The minimum atomic E-state index is -1.18. The van der Waals surface area contributed by atoms with Crippen LogP contribution in [0.2, 0.25) is 0 Å². The number of ether oxygens (including phenoxy) is 1. The Morgan fingerprint density at radius 3 is 2.34 bits per heavy atom. The molecule has 0 aromatic heterocycles. The highest BCUT2D eigenvalue weighted by atomic mass is 16.5. The van der Waals surface area contributed by atoms with Crippen molar-refractivity contribution in [3.8, 4) is 12.1 Å². The molecular formula is C21H23N5O3. The number of carbonyl (C=O) groups excluding carboxylic acids is 2. The number of rotatable bonds is 4. The Morgan fingerprint density at radius 2 is 1.83 bits per heavy atom. The largest absolute Gasteiger partial charge is 0.466 e. The maximum absolute atomic E-state index is 12.9. The summed E-state index contributed by atoms with van der Waals surface area (Å²) in [6.07, 6.45) is 0. The molecule has 3 fully saturated rings. The SMILES string of the molecule is CCOC(=O)[C@H]1[C@@H](c2ccc(N(C)C)cc2)[C@H]2C(=O)N[C@@]1(C)NC2=C(C#N)C#N. The Balaban J connectivity index is 2.20. The highest BCUT2D eigenvalue weighted by Gasteiger charge is 2.61. The number of anilines is 1. The van der Waals surface area contributed by atoms with Crippen LogP contribution in [-0.2, 0) is 14.3 Å². The van der Waals surface area contributed by atoms with E-state index in [1.54, 1.807) is 13.8 Å². The van der Waals surface area contributed by atoms with Gasteiger partial charge in [-0.2, -0.15) is 10.5 Å². The fraction of sp³-hybridized carbons (Fsp3) is 0.429. The molecule has 0 aliphatic carbocycles. The van der Waals surface area contributed by atoms with Crippen LogP contribution >= 0.6 is 0 Å². The summed E-state index contributed by atoms with van der Waals surface area (Å²) in [7, 11) is 3.84. The van der Waals surface area contributed by atoms with Gasteiger partial charge in [0.15, 0.2) is 0 Å². The second-order valence-corrected chi connectivity index (χ2v) is 7.55. The molecule has 1 aromatic carbocycles. The van der Waals surface area contributed by atoms with Crippen LogP contribution in [0.4, 0.5) is 5.69 Å². The van der Waals surface area contributed by atoms with Crippen molar-refractivity contribution in [3.05, 3.63) is 41.1 Å². The lowest BCUT2D eigenvalue weighted by atomic mass is 9.63. The predicted octanol–water partition coefficient (Wildman–Crippen LogP) is 1.38. The second-order valence-electron chi connectivity index (χ2n) is 7.55. The lowest BCUT2D eigenvalue weighted by molar-refractivity contribution is -0.160. The zero-order chi connectivity index (χ0) is 21.3. The topological polar surface area (TPSA) is 118 Å². The van der Waals surface area contributed by atoms with Crippen LogP contribution in [0.1, 0.15) is 25.3 Å². The third kappa shape index (κ3) is 3.27. The van der Waals surface area contributed by atoms with E-state index in [4.69, 9.17) is 4.74 Å². The van der Waals surface area contributed by atoms with Crippen molar-refractivity contribution in [2.45, 2.75) is 25.4 Å². The molecule has 4 rings (SSSR count). The first-order chi connectivity index (χ1) is 13.8. The van der Waals surface area contributed by atoms with E-state index in [0.717, 1.165) is 11.3 Å². The zero-order valence-corrected chi connectivity index (χ0v) is 16.8. The Morgan fingerprint density at radius 1 is 1.21 bits per heavy atom. The van der Waals surface area contributed by atoms with Gasteiger partial charge >= 0.3 is 5.97 Å². The molecule has 2 N–H and O–H groups in total. The minimum Gasteiger partial charge on any atom is -0.466 e. The van der Waals surface area contributed by atoms with Gasteiger partial charge in [0.2, 0.25) is 5.91 Å². The summed E-state index contributed by atoms with van der Waals surface area (Å²) in [5.74, 6) is -2.93. The van der Waals surface area contributed by atoms with E-state index in [9.17, 15) is 20.1 Å². The van der Waals surface area contributed by atoms with E-state index < -0.39 is 29.4 Å². The van der Waals surface area contributed by atoms with Gasteiger partial charge in [-0.05, 0) is 31.5 Å². The van der Waals surface area contributed by atoms with Crippen molar-refractivity contribution in [2.75, 3.05) is 25.6 Å². The smallest absolute Gasteiger partial charge is 0.313 e. The molecule has 0 radical (unpaired) electrons. The highest BCUT2D eigenvalue weighted by molar-refractivity contribution is 5.91. The Labute approximate surface area is 169 Å². The number of carbonyl (C=O) groups is 2. The first-order valence-electron chi connectivity index (χ1n) is 9.35. The first kappa shape index (κ1) is 20.2. The maximum Gasteiger partial charge on any atom is 0.313 e. The second kappa shape index (κ2) is 7.48. The standard InChI is InChI=1S/C21H23N5O3/c1-5-29-20(28)17-15(12-6-8-14(9-7-12)26(3)4)16-18(13(10-22)11-23)24-21(17,2)25-19(16)27/h6-9,15-17,24H,5H2,1-4H3,(H,25,27)/t15-,16+,17+,21+/m0/s1. The number of piperidine rings is 2. The van der Waals surface area contributed by atoms with Crippen molar-refractivity contribution in [1.82, 2.24) is 10.6 Å². The molecule has 29 heavy (non-hydrogen) atoms. The van der Waals surface area contributed by atoms with Gasteiger partial charge in [-0.25, -0.2) is 0 Å². The lowest BCUT2D eigenvalue weighted by Crippen LogP contribution is -2.75. The fourth-order valence-corrected chi connectivity index (χ4v) is 4.26. The monoisotopic (exact) mass is 393 g/mol. The van der Waals surface area contributed by atoms with Crippen LogP contribution in [0.25, 0.3) is 0 Å². The van der Waals surface area contributed by atoms with Gasteiger partial charge in [0.1, 0.15) is 29.3 Å². The van der Waals surface area contributed by atoms with Crippen molar-refractivity contribution in [1.29, 1.82) is 10.5 Å². The number of amides is 1. The highest BCUT2D eigenvalue weighted by Crippen LogP contribution is 2.49. The zero-order valence-electron chi connectivity index (χ0n) is 16.8. The van der Waals surface area contributed by atoms with Crippen LogP contribution in [0.3, 0.4) is 0 Å². The van der Waals surface area contributed by atoms with Gasteiger partial charge in [0.05, 0.1) is 18.2 Å². The Hall–Kier alpha value is -3.52. The molecule has 1 amide bonds. The third-order valence-corrected chi connectivity index (χ3v) is 5.54. The molecule has 8 heteroatoms. The maximum atomic E-state index is 12.9. The molecule has 0 unspecified atom stereocenters. The summed E-state index contributed by atoms with van der Waals surface area (Å²) >= 11 is 0.